The number of ether oxygens (including phenoxy) is 1. The summed E-state index contributed by atoms with van der Waals surface area (Å²) in [6.07, 6.45) is 3.46. The van der Waals surface area contributed by atoms with E-state index < -0.39 is 10.0 Å². The predicted octanol–water partition coefficient (Wildman–Crippen LogP) is 2.80. The van der Waals surface area contributed by atoms with Crippen molar-refractivity contribution in [3.05, 3.63) is 35.3 Å². The van der Waals surface area contributed by atoms with Gasteiger partial charge in [-0.25, -0.2) is 8.42 Å². The fourth-order valence-corrected chi connectivity index (χ4v) is 4.25. The Labute approximate surface area is 122 Å². The molecule has 1 saturated carbocycles. The minimum Gasteiger partial charge on any atom is -0.496 e. The van der Waals surface area contributed by atoms with Gasteiger partial charge in [0.2, 0.25) is 10.0 Å². The Hall–Kier alpha value is -0.850. The molecule has 0 bridgehead atoms. The van der Waals surface area contributed by atoms with E-state index in [1.807, 2.05) is 0 Å². The Morgan fingerprint density at radius 1 is 1.53 bits per heavy atom. The second-order valence-electron chi connectivity index (χ2n) is 4.39. The average Bonchev–Trinajstić information content (AvgIpc) is 3.19. The van der Waals surface area contributed by atoms with Gasteiger partial charge in [-0.1, -0.05) is 6.08 Å². The van der Waals surface area contributed by atoms with E-state index in [0.29, 0.717) is 16.8 Å². The molecule has 104 valence electrons. The molecule has 1 aliphatic rings. The zero-order valence-corrected chi connectivity index (χ0v) is 13.1. The highest BCUT2D eigenvalue weighted by atomic mass is 79.9. The molecule has 0 atom stereocenters. The van der Waals surface area contributed by atoms with Crippen LogP contribution in [0.1, 0.15) is 12.8 Å². The van der Waals surface area contributed by atoms with E-state index in [9.17, 15) is 8.42 Å². The summed E-state index contributed by atoms with van der Waals surface area (Å²) in [5.74, 6) is 0.612. The summed E-state index contributed by atoms with van der Waals surface area (Å²) < 4.78 is 32.4. The second-order valence-corrected chi connectivity index (χ2v) is 7.14. The summed E-state index contributed by atoms with van der Waals surface area (Å²) in [7, 11) is -1.93. The van der Waals surface area contributed by atoms with Gasteiger partial charge in [-0.3, -0.25) is 0 Å². The first-order valence-corrected chi connectivity index (χ1v) is 8.20. The maximum absolute atomic E-state index is 12.6. The Kier molecular flexibility index (Phi) is 4.32. The highest BCUT2D eigenvalue weighted by Gasteiger charge is 2.37. The van der Waals surface area contributed by atoms with Gasteiger partial charge in [0.25, 0.3) is 0 Å². The maximum atomic E-state index is 12.6. The third kappa shape index (κ3) is 3.01. The molecule has 0 saturated heterocycles. The third-order valence-corrected chi connectivity index (χ3v) is 5.53. The molecule has 0 radical (unpaired) electrons. The van der Waals surface area contributed by atoms with Crippen molar-refractivity contribution in [3.8, 4) is 5.75 Å². The van der Waals surface area contributed by atoms with Crippen LogP contribution in [0.4, 0.5) is 0 Å². The van der Waals surface area contributed by atoms with Gasteiger partial charge in [-0.2, -0.15) is 4.31 Å². The van der Waals surface area contributed by atoms with Crippen molar-refractivity contribution in [1.82, 2.24) is 4.31 Å². The lowest BCUT2D eigenvalue weighted by molar-refractivity contribution is 0.411. The Bertz CT molecular complexity index is 582. The molecule has 0 N–H and O–H groups in total. The Morgan fingerprint density at radius 3 is 2.68 bits per heavy atom. The van der Waals surface area contributed by atoms with Gasteiger partial charge in [-0.15, -0.1) is 6.58 Å². The number of benzene rings is 1. The standard InChI is InChI=1S/C13H16BrNO3S/c1-3-8-15(10-4-5-10)19(16,17)11-6-7-13(18-2)12(14)9-11/h3,6-7,9-10H,1,4-5,8H2,2H3. The number of hydrogen-bond acceptors (Lipinski definition) is 3. The average molecular weight is 346 g/mol. The summed E-state index contributed by atoms with van der Waals surface area (Å²) in [5.41, 5.74) is 0. The zero-order valence-electron chi connectivity index (χ0n) is 10.7. The van der Waals surface area contributed by atoms with E-state index in [1.165, 1.54) is 4.31 Å². The van der Waals surface area contributed by atoms with Crippen LogP contribution < -0.4 is 4.74 Å². The second kappa shape index (κ2) is 5.64. The van der Waals surface area contributed by atoms with E-state index >= 15 is 0 Å². The lowest BCUT2D eigenvalue weighted by atomic mass is 10.3. The number of nitrogens with zero attached hydrogens (tertiary/aromatic N) is 1. The SMILES string of the molecule is C=CCN(C1CC1)S(=O)(=O)c1ccc(OC)c(Br)c1. The topological polar surface area (TPSA) is 46.6 Å². The van der Waals surface area contributed by atoms with Gasteiger partial charge in [0.1, 0.15) is 5.75 Å². The van der Waals surface area contributed by atoms with Crippen molar-refractivity contribution in [2.45, 2.75) is 23.8 Å². The first-order valence-electron chi connectivity index (χ1n) is 5.97. The lowest BCUT2D eigenvalue weighted by Gasteiger charge is -2.20. The summed E-state index contributed by atoms with van der Waals surface area (Å²) in [6.45, 7) is 3.97. The monoisotopic (exact) mass is 345 g/mol. The molecule has 0 aromatic heterocycles. The quantitative estimate of drug-likeness (QED) is 0.744. The molecule has 0 unspecified atom stereocenters. The van der Waals surface area contributed by atoms with Crippen LogP contribution in [-0.4, -0.2) is 32.4 Å². The van der Waals surface area contributed by atoms with Crippen LogP contribution in [0.25, 0.3) is 0 Å². The van der Waals surface area contributed by atoms with Crippen LogP contribution in [0.2, 0.25) is 0 Å². The summed E-state index contributed by atoms with van der Waals surface area (Å²) in [6, 6.07) is 4.91. The van der Waals surface area contributed by atoms with Gasteiger partial charge < -0.3 is 4.74 Å². The fraction of sp³-hybridized carbons (Fsp3) is 0.385. The predicted molar refractivity (Wildman–Crippen MR) is 77.8 cm³/mol. The lowest BCUT2D eigenvalue weighted by Crippen LogP contribution is -2.33. The van der Waals surface area contributed by atoms with Crippen molar-refractivity contribution < 1.29 is 13.2 Å². The van der Waals surface area contributed by atoms with E-state index in [-0.39, 0.29) is 10.9 Å². The van der Waals surface area contributed by atoms with Gasteiger partial charge in [0.15, 0.2) is 0 Å². The Balaban J connectivity index is 2.37. The van der Waals surface area contributed by atoms with Crippen molar-refractivity contribution in [3.63, 3.8) is 0 Å². The molecule has 19 heavy (non-hydrogen) atoms. The van der Waals surface area contributed by atoms with Gasteiger partial charge >= 0.3 is 0 Å². The molecule has 6 heteroatoms. The van der Waals surface area contributed by atoms with Crippen LogP contribution >= 0.6 is 15.9 Å². The minimum atomic E-state index is -3.47. The highest BCUT2D eigenvalue weighted by Crippen LogP contribution is 2.34. The summed E-state index contributed by atoms with van der Waals surface area (Å²) in [5, 5.41) is 0. The molecule has 0 spiro atoms. The molecule has 0 aliphatic heterocycles. The van der Waals surface area contributed by atoms with Crippen LogP contribution in [0.15, 0.2) is 40.2 Å². The molecule has 2 rings (SSSR count). The maximum Gasteiger partial charge on any atom is 0.243 e. The van der Waals surface area contributed by atoms with E-state index in [4.69, 9.17) is 4.74 Å². The molecule has 1 fully saturated rings. The number of rotatable bonds is 6. The molecule has 4 nitrogen and oxygen atoms in total. The number of hydrogen-bond donors (Lipinski definition) is 0. The van der Waals surface area contributed by atoms with Gasteiger partial charge in [0, 0.05) is 12.6 Å². The summed E-state index contributed by atoms with van der Waals surface area (Å²) >= 11 is 3.31. The van der Waals surface area contributed by atoms with Gasteiger partial charge in [0.05, 0.1) is 16.5 Å². The molecular formula is C13H16BrNO3S. The van der Waals surface area contributed by atoms with E-state index in [1.54, 1.807) is 31.4 Å². The van der Waals surface area contributed by atoms with Crippen molar-refractivity contribution in [1.29, 1.82) is 0 Å². The number of sulfonamides is 1. The molecule has 0 amide bonds. The number of methoxy groups -OCH3 is 1. The van der Waals surface area contributed by atoms with Crippen molar-refractivity contribution in [2.75, 3.05) is 13.7 Å². The van der Waals surface area contributed by atoms with Crippen molar-refractivity contribution in [2.24, 2.45) is 0 Å². The van der Waals surface area contributed by atoms with E-state index in [0.717, 1.165) is 12.8 Å². The van der Waals surface area contributed by atoms with Crippen LogP contribution in [0, 0.1) is 0 Å². The smallest absolute Gasteiger partial charge is 0.243 e. The summed E-state index contributed by atoms with van der Waals surface area (Å²) in [4.78, 5) is 0.272. The largest absolute Gasteiger partial charge is 0.496 e. The fourth-order valence-electron chi connectivity index (χ4n) is 1.88. The highest BCUT2D eigenvalue weighted by molar-refractivity contribution is 9.10. The van der Waals surface area contributed by atoms with E-state index in [2.05, 4.69) is 22.5 Å². The molecule has 0 heterocycles. The van der Waals surface area contributed by atoms with Crippen LogP contribution in [-0.2, 0) is 10.0 Å². The molecule has 1 aliphatic carbocycles. The van der Waals surface area contributed by atoms with Gasteiger partial charge in [-0.05, 0) is 47.0 Å². The normalized spacial score (nSPS) is 15.5. The Morgan fingerprint density at radius 2 is 2.21 bits per heavy atom. The first-order chi connectivity index (χ1) is 9.00. The first kappa shape index (κ1) is 14.6. The van der Waals surface area contributed by atoms with Crippen LogP contribution in [0.5, 0.6) is 5.75 Å². The minimum absolute atomic E-state index is 0.115. The molecule has 1 aromatic rings. The van der Waals surface area contributed by atoms with Crippen LogP contribution in [0.3, 0.4) is 0 Å². The third-order valence-electron chi connectivity index (χ3n) is 2.99. The molecular weight excluding hydrogens is 330 g/mol. The molecule has 1 aromatic carbocycles. The zero-order chi connectivity index (χ0) is 14.0. The van der Waals surface area contributed by atoms with Crippen molar-refractivity contribution >= 4 is 26.0 Å². The number of halogens is 1.